The van der Waals surface area contributed by atoms with Crippen LogP contribution in [-0.2, 0) is 29.4 Å². The van der Waals surface area contributed by atoms with E-state index in [-0.39, 0.29) is 79.6 Å². The maximum Gasteiger partial charge on any atom is 0.494 e. The zero-order valence-electron chi connectivity index (χ0n) is 56.4. The Hall–Kier alpha value is -11.1. The number of nitro benzene ring substituents is 2. The van der Waals surface area contributed by atoms with Gasteiger partial charge in [-0.05, 0) is 152 Å². The van der Waals surface area contributed by atoms with Crippen molar-refractivity contribution in [3.05, 3.63) is 193 Å². The van der Waals surface area contributed by atoms with E-state index in [1.165, 1.54) is 108 Å². The minimum absolute atomic E-state index is 0.0371. The number of halogens is 3. The Morgan fingerprint density at radius 1 is 0.549 bits per heavy atom. The zero-order valence-corrected chi connectivity index (χ0v) is 59.6. The van der Waals surface area contributed by atoms with E-state index in [1.807, 2.05) is 39.8 Å². The predicted molar refractivity (Wildman–Crippen MR) is 384 cm³/mol. The van der Waals surface area contributed by atoms with E-state index >= 15 is 0 Å². The van der Waals surface area contributed by atoms with Gasteiger partial charge < -0.3 is 47.1 Å². The number of sulfonamides is 2. The first-order chi connectivity index (χ1) is 48.2. The third kappa shape index (κ3) is 14.0. The van der Waals surface area contributed by atoms with Crippen LogP contribution in [0.25, 0.3) is 101 Å². The lowest BCUT2D eigenvalue weighted by atomic mass is 9.78. The van der Waals surface area contributed by atoms with Gasteiger partial charge in [-0.3, -0.25) is 38.4 Å². The monoisotopic (exact) mass is 1490 g/mol. The summed E-state index contributed by atoms with van der Waals surface area (Å²) in [6.07, 6.45) is 2.14. The van der Waals surface area contributed by atoms with Crippen LogP contribution in [-0.4, -0.2) is 122 Å². The number of methoxy groups -OCH3 is 2. The molecule has 526 valence electrons. The number of anilines is 2. The summed E-state index contributed by atoms with van der Waals surface area (Å²) in [6, 6.07) is 36.7. The van der Waals surface area contributed by atoms with Gasteiger partial charge in [0.2, 0.25) is 31.8 Å². The summed E-state index contributed by atoms with van der Waals surface area (Å²) in [5, 5.41) is 29.0. The molecule has 1 fully saturated rings. The minimum Gasteiger partial charge on any atom is -0.496 e. The molecule has 0 aliphatic carbocycles. The maximum atomic E-state index is 13.7. The van der Waals surface area contributed by atoms with Crippen LogP contribution in [0.15, 0.2) is 168 Å². The molecule has 0 unspecified atom stereocenters. The number of oxazole rings is 2. The summed E-state index contributed by atoms with van der Waals surface area (Å²) >= 11 is 3.36. The summed E-state index contributed by atoms with van der Waals surface area (Å²) in [4.78, 5) is 56.3. The molecule has 2 N–H and O–H groups in total. The van der Waals surface area contributed by atoms with Crippen LogP contribution in [0, 0.1) is 31.9 Å². The van der Waals surface area contributed by atoms with Crippen molar-refractivity contribution in [2.24, 2.45) is 0 Å². The van der Waals surface area contributed by atoms with Gasteiger partial charge in [0.15, 0.2) is 22.2 Å². The normalized spacial score (nSPS) is 13.3. The molecule has 1 saturated heterocycles. The second kappa shape index (κ2) is 27.8. The largest absolute Gasteiger partial charge is 0.496 e. The third-order valence-corrected chi connectivity index (χ3v) is 20.3. The van der Waals surface area contributed by atoms with Crippen molar-refractivity contribution in [2.75, 3.05) is 63.5 Å². The van der Waals surface area contributed by atoms with E-state index in [2.05, 4.69) is 36.5 Å². The van der Waals surface area contributed by atoms with E-state index < -0.39 is 65.8 Å². The Kier molecular flexibility index (Phi) is 19.7. The van der Waals surface area contributed by atoms with Crippen LogP contribution in [0.1, 0.15) is 48.4 Å². The summed E-state index contributed by atoms with van der Waals surface area (Å²) in [5.41, 5.74) is 4.57. The second-order valence-electron chi connectivity index (χ2n) is 24.2. The lowest BCUT2D eigenvalue weighted by Gasteiger charge is -2.32. The van der Waals surface area contributed by atoms with Gasteiger partial charge in [0.25, 0.3) is 23.2 Å². The van der Waals surface area contributed by atoms with Crippen LogP contribution in [0.4, 0.5) is 31.5 Å². The number of aromatic nitrogens is 2. The molecule has 32 heteroatoms. The van der Waals surface area contributed by atoms with E-state index in [9.17, 15) is 55.4 Å². The van der Waals surface area contributed by atoms with Crippen LogP contribution in [0.2, 0.25) is 0 Å². The fraction of sp³-hybridized carbons (Fsp3) is 0.200. The summed E-state index contributed by atoms with van der Waals surface area (Å²) in [6.45, 7) is 7.93. The molecule has 4 aromatic heterocycles. The molecule has 102 heavy (non-hydrogen) atoms. The average Bonchev–Trinajstić information content (AvgIpc) is 1.47. The number of carbonyl (C=O) groups excluding carboxylic acids is 2. The summed E-state index contributed by atoms with van der Waals surface area (Å²) < 4.78 is 126. The Morgan fingerprint density at radius 2 is 0.961 bits per heavy atom. The number of para-hydroxylation sites is 2. The lowest BCUT2D eigenvalue weighted by Crippen LogP contribution is -2.41. The van der Waals surface area contributed by atoms with Crippen molar-refractivity contribution in [1.82, 2.24) is 20.6 Å². The van der Waals surface area contributed by atoms with Crippen LogP contribution in [0.3, 0.4) is 0 Å². The molecule has 0 saturated carbocycles. The Labute approximate surface area is 589 Å². The number of carbonyl (C=O) groups is 2. The molecule has 2 amide bonds. The molecule has 0 bridgehead atoms. The molecular weight excluding hydrogens is 1430 g/mol. The highest BCUT2D eigenvalue weighted by atomic mass is 79.9. The number of hydrogen-bond donors (Lipinski definition) is 2. The van der Waals surface area contributed by atoms with Crippen molar-refractivity contribution in [3.63, 3.8) is 0 Å². The molecule has 8 aromatic carbocycles. The molecule has 26 nitrogen and oxygen atoms in total. The van der Waals surface area contributed by atoms with E-state index in [1.54, 1.807) is 67.8 Å². The highest BCUT2D eigenvalue weighted by molar-refractivity contribution is 9.10. The van der Waals surface area contributed by atoms with E-state index in [0.29, 0.717) is 77.0 Å². The Morgan fingerprint density at radius 3 is 1.39 bits per heavy atom. The van der Waals surface area contributed by atoms with Crippen LogP contribution in [0.5, 0.6) is 11.5 Å². The van der Waals surface area contributed by atoms with Crippen molar-refractivity contribution in [2.45, 2.75) is 38.9 Å². The predicted octanol–water partition coefficient (Wildman–Crippen LogP) is 13.9. The molecule has 0 spiro atoms. The number of ether oxygens (including phenoxy) is 2. The van der Waals surface area contributed by atoms with Crippen LogP contribution >= 0.6 is 15.9 Å². The molecule has 0 atom stereocenters. The molecule has 0 radical (unpaired) electrons. The first-order valence-corrected chi connectivity index (χ1v) is 35.2. The van der Waals surface area contributed by atoms with Gasteiger partial charge in [0.1, 0.15) is 45.8 Å². The van der Waals surface area contributed by atoms with Gasteiger partial charge in [-0.2, -0.15) is 0 Å². The number of furan rings is 2. The topological polar surface area (TPSA) is 334 Å². The zero-order chi connectivity index (χ0) is 73.8. The highest BCUT2D eigenvalue weighted by Crippen LogP contribution is 2.46. The maximum absolute atomic E-state index is 13.7. The van der Waals surface area contributed by atoms with Crippen molar-refractivity contribution >= 4 is 127 Å². The Bertz CT molecular complexity index is 5580. The standard InChI is InChI=1S/C32H25FN4O8S.C20H21BN2O6.C18H16BrFN2O4S/c1-34-31(38)28-21-15-20(24(36(2)46(4,41)42)16-27(21)44-30(28)17-8-11-19(33)12-9-17)18-10-13-25(43-3)22(14-18)32-35-29-23(37(39)40)6-5-7-26(29)45-32;1-19(2)20(3,4)29-21(28-19)12-9-10-15(26-5)13(11-12)18-22-17-14(23(24)25)7-6-8-16(17)27-18;1-21-18(23)16-12-8-13(19)14(22(2)27(3,24)25)9-15(12)26-17(16)10-4-6-11(20)7-5-10/h5-16H,1-4H3,(H,34,38);6-11H,1-5H3;4-9H,1-3H3,(H,21,23). The quantitative estimate of drug-likeness (QED) is 0.0515. The van der Waals surface area contributed by atoms with Crippen molar-refractivity contribution in [1.29, 1.82) is 0 Å². The molecule has 1 aliphatic rings. The first kappa shape index (κ1) is 72.2. The molecule has 13 rings (SSSR count). The van der Waals surface area contributed by atoms with Crippen molar-refractivity contribution in [3.8, 4) is 68.2 Å². The van der Waals surface area contributed by atoms with Gasteiger partial charge in [0.05, 0.1) is 81.4 Å². The fourth-order valence-corrected chi connectivity index (χ4v) is 12.8. The number of fused-ring (bicyclic) bond motifs is 4. The number of hydrogen-bond acceptors (Lipinski definition) is 20. The van der Waals surface area contributed by atoms with Gasteiger partial charge in [-0.25, -0.2) is 35.6 Å². The summed E-state index contributed by atoms with van der Waals surface area (Å²) in [7, 11) is 0.899. The number of amides is 2. The number of nitrogens with one attached hydrogen (secondary N) is 2. The van der Waals surface area contributed by atoms with E-state index in [0.717, 1.165) is 26.6 Å². The van der Waals surface area contributed by atoms with Gasteiger partial charge in [-0.15, -0.1) is 0 Å². The van der Waals surface area contributed by atoms with Gasteiger partial charge >= 0.3 is 7.12 Å². The Balaban J connectivity index is 0.000000162. The molecule has 5 heterocycles. The van der Waals surface area contributed by atoms with Gasteiger partial charge in [-0.1, -0.05) is 24.3 Å². The number of non-ortho nitro benzene ring substituents is 2. The fourth-order valence-electron chi connectivity index (χ4n) is 11.1. The molecule has 1 aliphatic heterocycles. The second-order valence-corrected chi connectivity index (χ2v) is 29.1. The average molecular weight is 1500 g/mol. The minimum atomic E-state index is -3.79. The van der Waals surface area contributed by atoms with Crippen molar-refractivity contribution < 1.29 is 81.5 Å². The number of nitrogens with zero attached hydrogens (tertiary/aromatic N) is 6. The number of nitro groups is 2. The lowest BCUT2D eigenvalue weighted by molar-refractivity contribution is -0.383. The highest BCUT2D eigenvalue weighted by Gasteiger charge is 2.52. The smallest absolute Gasteiger partial charge is 0.494 e. The number of benzene rings is 8. The third-order valence-electron chi connectivity index (χ3n) is 17.3. The molecule has 12 aromatic rings. The van der Waals surface area contributed by atoms with Gasteiger partial charge in [0, 0.05) is 84.4 Å². The SMILES string of the molecule is CNC(=O)c1c(-c2ccc(F)cc2)oc2cc(N(C)S(C)(=O)=O)c(-c3ccc(OC)c(-c4nc5c([N+](=O)[O-])cccc5o4)c3)cc12.CNC(=O)c1c(-c2ccc(F)cc2)oc2cc(N(C)S(C)(=O)=O)c(Br)cc12.COc1ccc(B2OC(C)(C)C(C)(C)O2)cc1-c1nc2c([N+](=O)[O-])cccc2o1. The number of rotatable bonds is 16. The summed E-state index contributed by atoms with van der Waals surface area (Å²) in [5.74, 6) is -0.149. The molecular formula is C70H62BBrF2N8O18S2. The van der Waals surface area contributed by atoms with E-state index in [4.69, 9.17) is 36.5 Å². The first-order valence-electron chi connectivity index (χ1n) is 30.7. The van der Waals surface area contributed by atoms with Crippen LogP contribution < -0.4 is 34.2 Å².